The van der Waals surface area contributed by atoms with Gasteiger partial charge in [-0.3, -0.25) is 0 Å². The molecule has 0 saturated heterocycles. The average Bonchev–Trinajstić information content (AvgIpc) is 2.80. The molecule has 0 aliphatic rings. The van der Waals surface area contributed by atoms with Gasteiger partial charge in [-0.2, -0.15) is 0 Å². The van der Waals surface area contributed by atoms with Crippen LogP contribution in [0, 0.1) is 0 Å². The minimum atomic E-state index is 0.164. The Balaban J connectivity index is 1.45. The summed E-state index contributed by atoms with van der Waals surface area (Å²) in [5, 5.41) is 19.7. The number of ether oxygens (including phenoxy) is 1. The van der Waals surface area contributed by atoms with Gasteiger partial charge in [-0.15, -0.1) is 0 Å². The SMILES string of the molecule is Oc1c(Oc2ccc3c(ccc4ccccc43)c2)ccc2c1ccc1ccccc12. The Labute approximate surface area is 173 Å². The lowest BCUT2D eigenvalue weighted by Crippen LogP contribution is -1.87. The van der Waals surface area contributed by atoms with Crippen molar-refractivity contribution in [1.29, 1.82) is 0 Å². The lowest BCUT2D eigenvalue weighted by Gasteiger charge is -2.12. The van der Waals surface area contributed by atoms with Crippen molar-refractivity contribution in [3.63, 3.8) is 0 Å². The van der Waals surface area contributed by atoms with Crippen molar-refractivity contribution < 1.29 is 9.84 Å². The summed E-state index contributed by atoms with van der Waals surface area (Å²) in [4.78, 5) is 0. The third-order valence-corrected chi connectivity index (χ3v) is 5.80. The Morgan fingerprint density at radius 3 is 1.83 bits per heavy atom. The fraction of sp³-hybridized carbons (Fsp3) is 0. The molecular formula is C28H18O2. The van der Waals surface area contributed by atoms with Crippen molar-refractivity contribution in [2.75, 3.05) is 0 Å². The summed E-state index contributed by atoms with van der Waals surface area (Å²) >= 11 is 0. The molecule has 1 N–H and O–H groups in total. The van der Waals surface area contributed by atoms with Gasteiger partial charge in [-0.1, -0.05) is 72.8 Å². The zero-order valence-electron chi connectivity index (χ0n) is 16.2. The summed E-state index contributed by atoms with van der Waals surface area (Å²) in [5.74, 6) is 1.32. The van der Waals surface area contributed by atoms with E-state index in [1.807, 2.05) is 48.5 Å². The smallest absolute Gasteiger partial charge is 0.169 e. The highest BCUT2D eigenvalue weighted by molar-refractivity contribution is 6.10. The van der Waals surface area contributed by atoms with Gasteiger partial charge in [0.25, 0.3) is 0 Å². The van der Waals surface area contributed by atoms with E-state index in [1.165, 1.54) is 16.2 Å². The molecule has 6 aromatic carbocycles. The van der Waals surface area contributed by atoms with Gasteiger partial charge in [0, 0.05) is 5.39 Å². The lowest BCUT2D eigenvalue weighted by atomic mass is 10.0. The first kappa shape index (κ1) is 16.9. The molecule has 0 aliphatic carbocycles. The van der Waals surface area contributed by atoms with Crippen LogP contribution in [0.4, 0.5) is 0 Å². The average molecular weight is 386 g/mol. The number of aromatic hydroxyl groups is 1. The van der Waals surface area contributed by atoms with E-state index in [1.54, 1.807) is 0 Å². The predicted octanol–water partition coefficient (Wildman–Crippen LogP) is 7.80. The molecule has 0 spiro atoms. The minimum Gasteiger partial charge on any atom is -0.504 e. The molecule has 0 atom stereocenters. The third kappa shape index (κ3) is 2.58. The van der Waals surface area contributed by atoms with Gasteiger partial charge in [0.1, 0.15) is 5.75 Å². The summed E-state index contributed by atoms with van der Waals surface area (Å²) in [6.45, 7) is 0. The lowest BCUT2D eigenvalue weighted by molar-refractivity contribution is 0.416. The van der Waals surface area contributed by atoms with E-state index < -0.39 is 0 Å². The van der Waals surface area contributed by atoms with Crippen LogP contribution in [-0.4, -0.2) is 5.11 Å². The van der Waals surface area contributed by atoms with E-state index in [-0.39, 0.29) is 5.75 Å². The van der Waals surface area contributed by atoms with E-state index in [9.17, 15) is 5.11 Å². The number of fused-ring (bicyclic) bond motifs is 6. The quantitative estimate of drug-likeness (QED) is 0.308. The Bertz CT molecular complexity index is 1580. The number of hydrogen-bond donors (Lipinski definition) is 1. The molecule has 0 amide bonds. The van der Waals surface area contributed by atoms with Gasteiger partial charge in [-0.05, 0) is 68.0 Å². The summed E-state index contributed by atoms with van der Waals surface area (Å²) < 4.78 is 6.10. The second kappa shape index (κ2) is 6.50. The molecule has 30 heavy (non-hydrogen) atoms. The monoisotopic (exact) mass is 386 g/mol. The van der Waals surface area contributed by atoms with E-state index in [0.717, 1.165) is 26.9 Å². The predicted molar refractivity (Wildman–Crippen MR) is 125 cm³/mol. The third-order valence-electron chi connectivity index (χ3n) is 5.80. The Hall–Kier alpha value is -4.04. The largest absolute Gasteiger partial charge is 0.504 e. The molecule has 0 radical (unpaired) electrons. The number of benzene rings is 6. The fourth-order valence-electron chi connectivity index (χ4n) is 4.32. The highest BCUT2D eigenvalue weighted by Gasteiger charge is 2.11. The maximum absolute atomic E-state index is 10.9. The molecule has 0 unspecified atom stereocenters. The molecule has 6 rings (SSSR count). The van der Waals surface area contributed by atoms with Crippen molar-refractivity contribution in [2.45, 2.75) is 0 Å². The van der Waals surface area contributed by atoms with Gasteiger partial charge < -0.3 is 9.84 Å². The molecule has 2 heteroatoms. The minimum absolute atomic E-state index is 0.164. The first-order chi connectivity index (χ1) is 14.8. The fourth-order valence-corrected chi connectivity index (χ4v) is 4.32. The Morgan fingerprint density at radius 2 is 1.03 bits per heavy atom. The number of phenols is 1. The van der Waals surface area contributed by atoms with Crippen LogP contribution in [0.5, 0.6) is 17.2 Å². The zero-order valence-corrected chi connectivity index (χ0v) is 16.2. The first-order valence-corrected chi connectivity index (χ1v) is 10.0. The Morgan fingerprint density at radius 1 is 0.467 bits per heavy atom. The van der Waals surface area contributed by atoms with Crippen LogP contribution in [0.25, 0.3) is 43.1 Å². The van der Waals surface area contributed by atoms with Crippen LogP contribution >= 0.6 is 0 Å². The summed E-state index contributed by atoms with van der Waals surface area (Å²) in [5.41, 5.74) is 0. The normalized spacial score (nSPS) is 11.5. The van der Waals surface area contributed by atoms with Crippen LogP contribution in [0.2, 0.25) is 0 Å². The van der Waals surface area contributed by atoms with Gasteiger partial charge >= 0.3 is 0 Å². The van der Waals surface area contributed by atoms with Gasteiger partial charge in [0.05, 0.1) is 0 Å². The second-order valence-electron chi connectivity index (χ2n) is 7.57. The Kier molecular flexibility index (Phi) is 3.65. The van der Waals surface area contributed by atoms with E-state index >= 15 is 0 Å². The maximum atomic E-state index is 10.9. The number of rotatable bonds is 2. The van der Waals surface area contributed by atoms with Crippen molar-refractivity contribution in [3.05, 3.63) is 103 Å². The molecule has 0 aromatic heterocycles. The summed E-state index contributed by atoms with van der Waals surface area (Å²) in [6.07, 6.45) is 0. The summed E-state index contributed by atoms with van der Waals surface area (Å²) in [7, 11) is 0. The van der Waals surface area contributed by atoms with Crippen LogP contribution in [0.3, 0.4) is 0 Å². The zero-order chi connectivity index (χ0) is 20.1. The molecule has 6 aromatic rings. The van der Waals surface area contributed by atoms with E-state index in [0.29, 0.717) is 11.5 Å². The first-order valence-electron chi connectivity index (χ1n) is 10.0. The van der Waals surface area contributed by atoms with Gasteiger partial charge in [0.15, 0.2) is 11.5 Å². The number of phenolic OH excluding ortho intramolecular Hbond substituents is 1. The highest BCUT2D eigenvalue weighted by Crippen LogP contribution is 2.40. The van der Waals surface area contributed by atoms with Crippen LogP contribution < -0.4 is 4.74 Å². The van der Waals surface area contributed by atoms with Crippen molar-refractivity contribution >= 4 is 43.1 Å². The molecule has 0 aliphatic heterocycles. The van der Waals surface area contributed by atoms with Crippen LogP contribution in [-0.2, 0) is 0 Å². The van der Waals surface area contributed by atoms with Crippen molar-refractivity contribution in [2.24, 2.45) is 0 Å². The molecule has 142 valence electrons. The molecule has 2 nitrogen and oxygen atoms in total. The van der Waals surface area contributed by atoms with Crippen molar-refractivity contribution in [3.8, 4) is 17.2 Å². The number of hydrogen-bond acceptors (Lipinski definition) is 2. The molecule has 0 bridgehead atoms. The van der Waals surface area contributed by atoms with Crippen molar-refractivity contribution in [1.82, 2.24) is 0 Å². The molecule has 0 saturated carbocycles. The second-order valence-corrected chi connectivity index (χ2v) is 7.57. The maximum Gasteiger partial charge on any atom is 0.169 e. The molecular weight excluding hydrogens is 368 g/mol. The summed E-state index contributed by atoms with van der Waals surface area (Å²) in [6, 6.07) is 34.7. The highest BCUT2D eigenvalue weighted by atomic mass is 16.5. The van der Waals surface area contributed by atoms with E-state index in [2.05, 4.69) is 54.6 Å². The molecule has 0 heterocycles. The van der Waals surface area contributed by atoms with Gasteiger partial charge in [-0.25, -0.2) is 0 Å². The topological polar surface area (TPSA) is 29.5 Å². The van der Waals surface area contributed by atoms with Crippen LogP contribution in [0.15, 0.2) is 103 Å². The van der Waals surface area contributed by atoms with E-state index in [4.69, 9.17) is 4.74 Å². The standard InChI is InChI=1S/C28H18O2/c29-28-26-13-11-19-6-2-4-8-23(19)25(26)15-16-27(28)30-21-12-14-24-20(17-21)10-9-18-5-1-3-7-22(18)24/h1-17,29H. The van der Waals surface area contributed by atoms with Crippen LogP contribution in [0.1, 0.15) is 0 Å². The molecule has 0 fully saturated rings. The van der Waals surface area contributed by atoms with Gasteiger partial charge in [0.2, 0.25) is 0 Å².